The van der Waals surface area contributed by atoms with Gasteiger partial charge in [-0.1, -0.05) is 11.6 Å². The van der Waals surface area contributed by atoms with Gasteiger partial charge < -0.3 is 5.32 Å². The smallest absolute Gasteiger partial charge is 0.302 e. The average Bonchev–Trinajstić information content (AvgIpc) is 3.14. The Kier molecular flexibility index (Phi) is 5.51. The third kappa shape index (κ3) is 4.99. The lowest BCUT2D eigenvalue weighted by molar-refractivity contribution is -0.137. The normalized spacial score (nSPS) is 19.2. The number of nitrogens with one attached hydrogen (secondary N) is 1. The van der Waals surface area contributed by atoms with E-state index < -0.39 is 33.4 Å². The molecule has 0 radical (unpaired) electrons. The number of thiazole rings is 1. The van der Waals surface area contributed by atoms with Crippen molar-refractivity contribution in [1.82, 2.24) is 4.98 Å². The number of aromatic nitrogens is 1. The van der Waals surface area contributed by atoms with Crippen LogP contribution in [0.25, 0.3) is 0 Å². The number of amides is 1. The Morgan fingerprint density at radius 2 is 2.11 bits per heavy atom. The van der Waals surface area contributed by atoms with Crippen LogP contribution >= 0.6 is 22.9 Å². The summed E-state index contributed by atoms with van der Waals surface area (Å²) in [6.07, 6.45) is -2.61. The van der Waals surface area contributed by atoms with Crippen LogP contribution in [0.15, 0.2) is 24.4 Å². The van der Waals surface area contributed by atoms with E-state index in [4.69, 9.17) is 11.6 Å². The molecule has 1 fully saturated rings. The monoisotopic (exact) mass is 438 g/mol. The number of hydrogen-bond acceptors (Lipinski definition) is 5. The molecule has 3 rings (SSSR count). The molecule has 11 heteroatoms. The highest BCUT2D eigenvalue weighted by molar-refractivity contribution is 7.91. The highest BCUT2D eigenvalue weighted by Crippen LogP contribution is 2.33. The number of rotatable bonds is 4. The summed E-state index contributed by atoms with van der Waals surface area (Å²) in [4.78, 5) is 16.8. The zero-order valence-corrected chi connectivity index (χ0v) is 16.1. The standard InChI is InChI=1S/C16H14ClF3N2O3S2/c17-13-2-1-11(16(18,19)20)5-10(13)6-12-7-21-15(26-12)22-14(23)9-3-4-27(24,25)8-9/h1-2,5,7,9H,3-4,6,8H2,(H,21,22,23)/t9-/m1/s1. The van der Waals surface area contributed by atoms with E-state index in [1.54, 1.807) is 0 Å². The maximum absolute atomic E-state index is 12.8. The quantitative estimate of drug-likeness (QED) is 0.788. The van der Waals surface area contributed by atoms with E-state index in [9.17, 15) is 26.4 Å². The Labute approximate surface area is 162 Å². The van der Waals surface area contributed by atoms with Crippen LogP contribution in [0.3, 0.4) is 0 Å². The zero-order chi connectivity index (χ0) is 19.8. The molecule has 1 aliphatic rings. The molecule has 1 N–H and O–H groups in total. The van der Waals surface area contributed by atoms with Gasteiger partial charge in [-0.3, -0.25) is 4.79 Å². The van der Waals surface area contributed by atoms with E-state index in [0.717, 1.165) is 23.5 Å². The molecular formula is C16H14ClF3N2O3S2. The van der Waals surface area contributed by atoms with Gasteiger partial charge in [0, 0.05) is 22.5 Å². The van der Waals surface area contributed by atoms with Gasteiger partial charge in [0.15, 0.2) is 15.0 Å². The maximum Gasteiger partial charge on any atom is 0.416 e. The fraction of sp³-hybridized carbons (Fsp3) is 0.375. The molecule has 5 nitrogen and oxygen atoms in total. The first-order chi connectivity index (χ1) is 12.5. The van der Waals surface area contributed by atoms with Crippen LogP contribution in [0.2, 0.25) is 5.02 Å². The summed E-state index contributed by atoms with van der Waals surface area (Å²) in [6, 6.07) is 3.10. The summed E-state index contributed by atoms with van der Waals surface area (Å²) in [5, 5.41) is 3.04. The predicted molar refractivity (Wildman–Crippen MR) is 96.8 cm³/mol. The van der Waals surface area contributed by atoms with Gasteiger partial charge in [0.2, 0.25) is 5.91 Å². The van der Waals surface area contributed by atoms with Gasteiger partial charge in [-0.05, 0) is 30.2 Å². The van der Waals surface area contributed by atoms with Crippen LogP contribution < -0.4 is 5.32 Å². The minimum atomic E-state index is -4.46. The number of benzene rings is 1. The van der Waals surface area contributed by atoms with Crippen LogP contribution in [-0.2, 0) is 27.2 Å². The first kappa shape index (κ1) is 20.1. The second-order valence-corrected chi connectivity index (χ2v) is 9.95. The van der Waals surface area contributed by atoms with E-state index in [1.807, 2.05) is 0 Å². The molecule has 1 aromatic heterocycles. The third-order valence-corrected chi connectivity index (χ3v) is 7.17. The molecule has 146 valence electrons. The number of anilines is 1. The molecule has 0 unspecified atom stereocenters. The van der Waals surface area contributed by atoms with E-state index in [2.05, 4.69) is 10.3 Å². The third-order valence-electron chi connectivity index (χ3n) is 4.12. The molecule has 1 atom stereocenters. The Bertz CT molecular complexity index is 974. The number of carbonyl (C=O) groups excluding carboxylic acids is 1. The molecule has 1 aromatic carbocycles. The van der Waals surface area contributed by atoms with Crippen molar-refractivity contribution in [1.29, 1.82) is 0 Å². The topological polar surface area (TPSA) is 76.1 Å². The van der Waals surface area contributed by atoms with E-state index >= 15 is 0 Å². The fourth-order valence-corrected chi connectivity index (χ4v) is 5.49. The number of carbonyl (C=O) groups is 1. The van der Waals surface area contributed by atoms with Crippen molar-refractivity contribution >= 4 is 43.8 Å². The number of nitrogens with zero attached hydrogens (tertiary/aromatic N) is 1. The van der Waals surface area contributed by atoms with Crippen LogP contribution in [0.4, 0.5) is 18.3 Å². The van der Waals surface area contributed by atoms with Crippen LogP contribution in [0, 0.1) is 5.92 Å². The molecule has 0 spiro atoms. The van der Waals surface area contributed by atoms with Crippen molar-refractivity contribution in [2.45, 2.75) is 19.0 Å². The summed E-state index contributed by atoms with van der Waals surface area (Å²) in [5.74, 6) is -1.23. The number of sulfone groups is 1. The van der Waals surface area contributed by atoms with Gasteiger partial charge in [-0.15, -0.1) is 11.3 Å². The lowest BCUT2D eigenvalue weighted by atomic mass is 10.1. The van der Waals surface area contributed by atoms with Crippen molar-refractivity contribution in [3.05, 3.63) is 45.4 Å². The van der Waals surface area contributed by atoms with Crippen molar-refractivity contribution in [2.75, 3.05) is 16.8 Å². The molecule has 2 aromatic rings. The predicted octanol–water partition coefficient (Wildman–Crippen LogP) is 3.78. The second kappa shape index (κ2) is 7.40. The van der Waals surface area contributed by atoms with E-state index in [0.29, 0.717) is 10.4 Å². The molecule has 0 bridgehead atoms. The number of halogens is 4. The lowest BCUT2D eigenvalue weighted by Crippen LogP contribution is -2.23. The minimum Gasteiger partial charge on any atom is -0.302 e. The Hall–Kier alpha value is -1.65. The van der Waals surface area contributed by atoms with Gasteiger partial charge in [-0.2, -0.15) is 13.2 Å². The molecule has 1 aliphatic heterocycles. The van der Waals surface area contributed by atoms with Gasteiger partial charge in [-0.25, -0.2) is 13.4 Å². The average molecular weight is 439 g/mol. The minimum absolute atomic E-state index is 0.0117. The summed E-state index contributed by atoms with van der Waals surface area (Å²) in [6.45, 7) is 0. The summed E-state index contributed by atoms with van der Waals surface area (Å²) < 4.78 is 61.4. The number of alkyl halides is 3. The van der Waals surface area contributed by atoms with Crippen molar-refractivity contribution in [3.8, 4) is 0 Å². The van der Waals surface area contributed by atoms with Crippen LogP contribution in [-0.4, -0.2) is 30.8 Å². The van der Waals surface area contributed by atoms with Crippen molar-refractivity contribution < 1.29 is 26.4 Å². The van der Waals surface area contributed by atoms with Gasteiger partial charge in [0.05, 0.1) is 23.0 Å². The van der Waals surface area contributed by atoms with Gasteiger partial charge in [0.25, 0.3) is 0 Å². The van der Waals surface area contributed by atoms with E-state index in [1.165, 1.54) is 12.3 Å². The van der Waals surface area contributed by atoms with E-state index in [-0.39, 0.29) is 34.5 Å². The van der Waals surface area contributed by atoms with Gasteiger partial charge >= 0.3 is 6.18 Å². The molecule has 0 aliphatic carbocycles. The fourth-order valence-electron chi connectivity index (χ4n) is 2.73. The summed E-state index contributed by atoms with van der Waals surface area (Å²) >= 11 is 7.09. The Morgan fingerprint density at radius 3 is 2.74 bits per heavy atom. The Morgan fingerprint density at radius 1 is 1.37 bits per heavy atom. The number of hydrogen-bond donors (Lipinski definition) is 1. The summed E-state index contributed by atoms with van der Waals surface area (Å²) in [5.41, 5.74) is -0.489. The largest absolute Gasteiger partial charge is 0.416 e. The van der Waals surface area contributed by atoms with Crippen LogP contribution in [0.5, 0.6) is 0 Å². The first-order valence-electron chi connectivity index (χ1n) is 7.85. The molecule has 0 saturated carbocycles. The molecule has 2 heterocycles. The Balaban J connectivity index is 1.69. The van der Waals surface area contributed by atoms with Crippen LogP contribution in [0.1, 0.15) is 22.4 Å². The summed E-state index contributed by atoms with van der Waals surface area (Å²) in [7, 11) is -3.17. The molecule has 1 amide bonds. The van der Waals surface area contributed by atoms with Gasteiger partial charge in [0.1, 0.15) is 0 Å². The lowest BCUT2D eigenvalue weighted by Gasteiger charge is -2.09. The molecule has 27 heavy (non-hydrogen) atoms. The highest BCUT2D eigenvalue weighted by Gasteiger charge is 2.33. The maximum atomic E-state index is 12.8. The molecule has 1 saturated heterocycles. The second-order valence-electron chi connectivity index (χ2n) is 6.20. The zero-order valence-electron chi connectivity index (χ0n) is 13.7. The SMILES string of the molecule is O=C(Nc1ncc(Cc2cc(C(F)(F)F)ccc2Cl)s1)[C@@H]1CCS(=O)(=O)C1. The molecular weight excluding hydrogens is 425 g/mol. The first-order valence-corrected chi connectivity index (χ1v) is 10.9. The highest BCUT2D eigenvalue weighted by atomic mass is 35.5. The van der Waals surface area contributed by atoms with Crippen molar-refractivity contribution in [2.24, 2.45) is 5.92 Å². The van der Waals surface area contributed by atoms with Crippen molar-refractivity contribution in [3.63, 3.8) is 0 Å².